The molecule has 0 aliphatic carbocycles. The number of amides is 1. The Labute approximate surface area is 97.0 Å². The molecule has 0 aromatic heterocycles. The van der Waals surface area contributed by atoms with Gasteiger partial charge in [-0.3, -0.25) is 0 Å². The second-order valence-electron chi connectivity index (χ2n) is 2.81. The molecule has 0 spiro atoms. The molecule has 1 rings (SSSR count). The standard InChI is InChI=1S/C9H13NO2.2ClH/c1-2-8-12-9(11)10-6-4-3-5-7-10;;/h1H,3-8H2;2*1H. The van der Waals surface area contributed by atoms with Crippen molar-refractivity contribution in [2.45, 2.75) is 19.3 Å². The van der Waals surface area contributed by atoms with Crippen molar-refractivity contribution in [1.29, 1.82) is 0 Å². The van der Waals surface area contributed by atoms with E-state index in [1.54, 1.807) is 4.90 Å². The minimum atomic E-state index is -0.271. The molecule has 0 atom stereocenters. The third-order valence-corrected chi connectivity index (χ3v) is 1.89. The van der Waals surface area contributed by atoms with Crippen LogP contribution in [0.2, 0.25) is 0 Å². The zero-order chi connectivity index (χ0) is 8.81. The van der Waals surface area contributed by atoms with Crippen LogP contribution in [0.15, 0.2) is 0 Å². The summed E-state index contributed by atoms with van der Waals surface area (Å²) in [5, 5.41) is 0. The normalized spacial score (nSPS) is 14.4. The van der Waals surface area contributed by atoms with Crippen molar-refractivity contribution in [3.05, 3.63) is 0 Å². The van der Waals surface area contributed by atoms with Gasteiger partial charge in [-0.15, -0.1) is 31.2 Å². The third kappa shape index (κ3) is 5.21. The van der Waals surface area contributed by atoms with E-state index in [4.69, 9.17) is 11.2 Å². The van der Waals surface area contributed by atoms with E-state index >= 15 is 0 Å². The fourth-order valence-electron chi connectivity index (χ4n) is 1.27. The van der Waals surface area contributed by atoms with Crippen molar-refractivity contribution in [2.24, 2.45) is 0 Å². The number of carbonyl (C=O) groups excluding carboxylic acids is 1. The molecule has 0 aromatic rings. The van der Waals surface area contributed by atoms with Gasteiger partial charge in [-0.2, -0.15) is 0 Å². The molecule has 0 saturated carbocycles. The number of ether oxygens (including phenoxy) is 1. The summed E-state index contributed by atoms with van der Waals surface area (Å²) in [5.74, 6) is 2.27. The molecule has 5 heteroatoms. The summed E-state index contributed by atoms with van der Waals surface area (Å²) in [6.07, 6.45) is 8.05. The Hall–Kier alpha value is -0.590. The van der Waals surface area contributed by atoms with E-state index < -0.39 is 0 Å². The van der Waals surface area contributed by atoms with Crippen molar-refractivity contribution < 1.29 is 9.53 Å². The average Bonchev–Trinajstić information content (AvgIpc) is 2.15. The topological polar surface area (TPSA) is 29.5 Å². The summed E-state index contributed by atoms with van der Waals surface area (Å²) in [5.41, 5.74) is 0. The summed E-state index contributed by atoms with van der Waals surface area (Å²) in [4.78, 5) is 12.9. The molecule has 0 N–H and O–H groups in total. The predicted molar refractivity (Wildman–Crippen MR) is 60.1 cm³/mol. The van der Waals surface area contributed by atoms with Crippen LogP contribution in [-0.4, -0.2) is 30.7 Å². The number of carbonyl (C=O) groups is 1. The number of nitrogens with zero attached hydrogens (tertiary/aromatic N) is 1. The Bertz CT molecular complexity index is 197. The Balaban J connectivity index is 0. The predicted octanol–water partition coefficient (Wildman–Crippen LogP) is 2.09. The first-order chi connectivity index (χ1) is 5.84. The van der Waals surface area contributed by atoms with Gasteiger partial charge in [-0.25, -0.2) is 4.79 Å². The van der Waals surface area contributed by atoms with Gasteiger partial charge in [0.05, 0.1) is 0 Å². The van der Waals surface area contributed by atoms with Crippen LogP contribution >= 0.6 is 24.8 Å². The highest BCUT2D eigenvalue weighted by Gasteiger charge is 2.16. The number of piperidine rings is 1. The van der Waals surface area contributed by atoms with E-state index in [-0.39, 0.29) is 37.5 Å². The maximum Gasteiger partial charge on any atom is 0.410 e. The van der Waals surface area contributed by atoms with Crippen LogP contribution in [0.25, 0.3) is 0 Å². The van der Waals surface area contributed by atoms with Gasteiger partial charge in [0.15, 0.2) is 6.61 Å². The molecule has 1 saturated heterocycles. The first-order valence-corrected chi connectivity index (χ1v) is 4.20. The summed E-state index contributed by atoms with van der Waals surface area (Å²) < 4.78 is 4.78. The molecule has 0 aromatic carbocycles. The molecule has 1 fully saturated rings. The molecule has 1 amide bonds. The Morgan fingerprint density at radius 2 is 1.86 bits per heavy atom. The maximum absolute atomic E-state index is 11.2. The van der Waals surface area contributed by atoms with E-state index in [1.165, 1.54) is 6.42 Å². The second kappa shape index (κ2) is 8.98. The van der Waals surface area contributed by atoms with Gasteiger partial charge in [-0.05, 0) is 19.3 Å². The molecule has 0 bridgehead atoms. The Kier molecular flexibility index (Phi) is 10.2. The summed E-state index contributed by atoms with van der Waals surface area (Å²) in [7, 11) is 0. The van der Waals surface area contributed by atoms with Gasteiger partial charge >= 0.3 is 6.09 Å². The van der Waals surface area contributed by atoms with Crippen molar-refractivity contribution in [1.82, 2.24) is 4.90 Å². The second-order valence-corrected chi connectivity index (χ2v) is 2.81. The van der Waals surface area contributed by atoms with Gasteiger partial charge in [0.1, 0.15) is 0 Å². The maximum atomic E-state index is 11.2. The van der Waals surface area contributed by atoms with Gasteiger partial charge < -0.3 is 9.64 Å². The molecule has 1 aliphatic heterocycles. The van der Waals surface area contributed by atoms with Gasteiger partial charge in [0.2, 0.25) is 0 Å². The quantitative estimate of drug-likeness (QED) is 0.657. The number of terminal acetylenes is 1. The van der Waals surface area contributed by atoms with Crippen molar-refractivity contribution in [3.8, 4) is 12.3 Å². The average molecular weight is 240 g/mol. The molecule has 0 radical (unpaired) electrons. The lowest BCUT2D eigenvalue weighted by Gasteiger charge is -2.25. The molecular weight excluding hydrogens is 225 g/mol. The molecule has 0 unspecified atom stereocenters. The molecule has 3 nitrogen and oxygen atoms in total. The number of halogens is 2. The highest BCUT2D eigenvalue weighted by Crippen LogP contribution is 2.09. The van der Waals surface area contributed by atoms with E-state index in [2.05, 4.69) is 5.92 Å². The van der Waals surface area contributed by atoms with Crippen LogP contribution in [-0.2, 0) is 4.74 Å². The lowest BCUT2D eigenvalue weighted by molar-refractivity contribution is 0.106. The van der Waals surface area contributed by atoms with Crippen LogP contribution in [0.4, 0.5) is 4.79 Å². The summed E-state index contributed by atoms with van der Waals surface area (Å²) in [6, 6.07) is 0. The SMILES string of the molecule is C#CCOC(=O)N1CCCCC1.Cl.Cl. The smallest absolute Gasteiger partial charge is 0.410 e. The fourth-order valence-corrected chi connectivity index (χ4v) is 1.27. The number of likely N-dealkylation sites (tertiary alicyclic amines) is 1. The van der Waals surface area contributed by atoms with E-state index in [0.29, 0.717) is 0 Å². The first kappa shape index (κ1) is 15.9. The minimum Gasteiger partial charge on any atom is -0.436 e. The summed E-state index contributed by atoms with van der Waals surface area (Å²) >= 11 is 0. The third-order valence-electron chi connectivity index (χ3n) is 1.89. The number of hydrogen-bond acceptors (Lipinski definition) is 2. The van der Waals surface area contributed by atoms with Gasteiger partial charge in [-0.1, -0.05) is 5.92 Å². The highest BCUT2D eigenvalue weighted by atomic mass is 35.5. The van der Waals surface area contributed by atoms with Crippen LogP contribution in [0.5, 0.6) is 0 Å². The van der Waals surface area contributed by atoms with Crippen molar-refractivity contribution >= 4 is 30.9 Å². The molecule has 1 aliphatic rings. The highest BCUT2D eigenvalue weighted by molar-refractivity contribution is 5.85. The van der Waals surface area contributed by atoms with Crippen LogP contribution in [0.3, 0.4) is 0 Å². The Morgan fingerprint density at radius 3 is 2.36 bits per heavy atom. The summed E-state index contributed by atoms with van der Waals surface area (Å²) in [6.45, 7) is 1.70. The van der Waals surface area contributed by atoms with Crippen LogP contribution in [0, 0.1) is 12.3 Å². The van der Waals surface area contributed by atoms with E-state index in [0.717, 1.165) is 25.9 Å². The molecule has 14 heavy (non-hydrogen) atoms. The van der Waals surface area contributed by atoms with Gasteiger partial charge in [0, 0.05) is 13.1 Å². The monoisotopic (exact) mass is 239 g/mol. The minimum absolute atomic E-state index is 0. The largest absolute Gasteiger partial charge is 0.436 e. The zero-order valence-electron chi connectivity index (χ0n) is 7.90. The lowest BCUT2D eigenvalue weighted by atomic mass is 10.1. The van der Waals surface area contributed by atoms with E-state index in [1.807, 2.05) is 0 Å². The molecule has 82 valence electrons. The number of rotatable bonds is 1. The van der Waals surface area contributed by atoms with Gasteiger partial charge in [0.25, 0.3) is 0 Å². The van der Waals surface area contributed by atoms with Crippen LogP contribution < -0.4 is 0 Å². The van der Waals surface area contributed by atoms with E-state index in [9.17, 15) is 4.79 Å². The van der Waals surface area contributed by atoms with Crippen LogP contribution in [0.1, 0.15) is 19.3 Å². The molecular formula is C9H15Cl2NO2. The zero-order valence-corrected chi connectivity index (χ0v) is 9.53. The lowest BCUT2D eigenvalue weighted by Crippen LogP contribution is -2.36. The van der Waals surface area contributed by atoms with Crippen molar-refractivity contribution in [3.63, 3.8) is 0 Å². The number of hydrogen-bond donors (Lipinski definition) is 0. The Morgan fingerprint density at radius 1 is 1.29 bits per heavy atom. The van der Waals surface area contributed by atoms with Crippen molar-refractivity contribution in [2.75, 3.05) is 19.7 Å². The fraction of sp³-hybridized carbons (Fsp3) is 0.667. The first-order valence-electron chi connectivity index (χ1n) is 4.20. The molecule has 1 heterocycles.